The largest absolute Gasteiger partial charge is 0.375 e. The van der Waals surface area contributed by atoms with Crippen molar-refractivity contribution >= 4 is 23.2 Å². The van der Waals surface area contributed by atoms with Gasteiger partial charge in [0, 0.05) is 5.56 Å². The van der Waals surface area contributed by atoms with Crippen LogP contribution in [0, 0.1) is 12.7 Å². The molecule has 0 saturated heterocycles. The van der Waals surface area contributed by atoms with E-state index in [1.54, 1.807) is 13.0 Å². The maximum atomic E-state index is 12.9. The van der Waals surface area contributed by atoms with Crippen molar-refractivity contribution in [3.05, 3.63) is 35.1 Å². The number of carbonyl (C=O) groups is 1. The van der Waals surface area contributed by atoms with Gasteiger partial charge in [-0.1, -0.05) is 0 Å². The topological polar surface area (TPSA) is 67.2 Å². The lowest BCUT2D eigenvalue weighted by atomic mass is 10.1. The van der Waals surface area contributed by atoms with Gasteiger partial charge in [0.1, 0.15) is 5.82 Å². The number of nitrogens with two attached hydrogens (primary N) is 1. The van der Waals surface area contributed by atoms with Crippen molar-refractivity contribution in [2.75, 3.05) is 0 Å². The summed E-state index contributed by atoms with van der Waals surface area (Å²) in [5.41, 5.74) is 10.5. The second kappa shape index (κ2) is 4.70. The van der Waals surface area contributed by atoms with Crippen LogP contribution in [-0.4, -0.2) is 11.0 Å². The Kier molecular flexibility index (Phi) is 3.56. The third kappa shape index (κ3) is 3.51. The van der Waals surface area contributed by atoms with Gasteiger partial charge in [0.25, 0.3) is 5.91 Å². The standard InChI is InChI=1S/C9H10FN3OS/c1-5-2-6(4-7(10)3-5)8(14)12-13-9(11)15/h2-4H,1H3,(H,12,14)(H3,11,13,15). The molecule has 0 aromatic heterocycles. The van der Waals surface area contributed by atoms with Crippen LogP contribution in [0.4, 0.5) is 4.39 Å². The van der Waals surface area contributed by atoms with Crippen LogP contribution in [0.3, 0.4) is 0 Å². The molecule has 0 aliphatic heterocycles. The van der Waals surface area contributed by atoms with Crippen molar-refractivity contribution in [2.24, 2.45) is 5.73 Å². The maximum Gasteiger partial charge on any atom is 0.269 e. The van der Waals surface area contributed by atoms with Gasteiger partial charge in [0.2, 0.25) is 0 Å². The van der Waals surface area contributed by atoms with Crippen molar-refractivity contribution < 1.29 is 9.18 Å². The lowest BCUT2D eigenvalue weighted by molar-refractivity contribution is 0.0943. The van der Waals surface area contributed by atoms with E-state index in [1.165, 1.54) is 6.07 Å². The summed E-state index contributed by atoms with van der Waals surface area (Å²) < 4.78 is 12.9. The van der Waals surface area contributed by atoms with E-state index < -0.39 is 11.7 Å². The van der Waals surface area contributed by atoms with E-state index in [0.29, 0.717) is 5.56 Å². The molecule has 0 unspecified atom stereocenters. The number of hydrogen-bond donors (Lipinski definition) is 3. The predicted molar refractivity (Wildman–Crippen MR) is 58.5 cm³/mol. The Morgan fingerprint density at radius 1 is 1.40 bits per heavy atom. The Morgan fingerprint density at radius 2 is 2.07 bits per heavy atom. The average molecular weight is 227 g/mol. The molecule has 1 aromatic carbocycles. The zero-order chi connectivity index (χ0) is 11.4. The predicted octanol–water partition coefficient (Wildman–Crippen LogP) is 0.612. The first-order chi connectivity index (χ1) is 6.99. The highest BCUT2D eigenvalue weighted by Crippen LogP contribution is 2.07. The fourth-order valence-corrected chi connectivity index (χ4v) is 1.11. The number of halogens is 1. The second-order valence-electron chi connectivity index (χ2n) is 2.96. The monoisotopic (exact) mass is 227 g/mol. The SMILES string of the molecule is Cc1cc(F)cc(C(=O)NNC(N)=S)c1. The van der Waals surface area contributed by atoms with E-state index >= 15 is 0 Å². The molecule has 0 aliphatic rings. The van der Waals surface area contributed by atoms with Gasteiger partial charge in [-0.2, -0.15) is 0 Å². The van der Waals surface area contributed by atoms with E-state index in [2.05, 4.69) is 23.1 Å². The van der Waals surface area contributed by atoms with Crippen molar-refractivity contribution in [1.82, 2.24) is 10.9 Å². The fraction of sp³-hybridized carbons (Fsp3) is 0.111. The normalized spacial score (nSPS) is 9.47. The molecular weight excluding hydrogens is 217 g/mol. The molecule has 1 amide bonds. The van der Waals surface area contributed by atoms with Crippen LogP contribution in [0.15, 0.2) is 18.2 Å². The van der Waals surface area contributed by atoms with Crippen molar-refractivity contribution in [3.63, 3.8) is 0 Å². The fourth-order valence-electron chi connectivity index (χ4n) is 1.06. The summed E-state index contributed by atoms with van der Waals surface area (Å²) in [7, 11) is 0. The molecular formula is C9H10FN3OS. The molecule has 4 nitrogen and oxygen atoms in total. The number of thiocarbonyl (C=S) groups is 1. The Morgan fingerprint density at radius 3 is 2.60 bits per heavy atom. The second-order valence-corrected chi connectivity index (χ2v) is 3.40. The Balaban J connectivity index is 2.77. The van der Waals surface area contributed by atoms with E-state index in [0.717, 1.165) is 6.07 Å². The number of carbonyl (C=O) groups excluding carboxylic acids is 1. The van der Waals surface area contributed by atoms with Crippen LogP contribution in [0.5, 0.6) is 0 Å². The number of hydrogen-bond acceptors (Lipinski definition) is 2. The molecule has 6 heteroatoms. The van der Waals surface area contributed by atoms with Crippen molar-refractivity contribution in [3.8, 4) is 0 Å². The van der Waals surface area contributed by atoms with Gasteiger partial charge in [-0.3, -0.25) is 15.6 Å². The minimum atomic E-state index is -0.495. The summed E-state index contributed by atoms with van der Waals surface area (Å²) in [5.74, 6) is -0.958. The molecule has 0 bridgehead atoms. The molecule has 80 valence electrons. The number of hydrazine groups is 1. The van der Waals surface area contributed by atoms with Gasteiger partial charge in [0.15, 0.2) is 5.11 Å². The number of rotatable bonds is 1. The molecule has 0 heterocycles. The van der Waals surface area contributed by atoms with Gasteiger partial charge >= 0.3 is 0 Å². The first-order valence-corrected chi connectivity index (χ1v) is 4.53. The van der Waals surface area contributed by atoms with Gasteiger partial charge in [0.05, 0.1) is 0 Å². The summed E-state index contributed by atoms with van der Waals surface area (Å²) >= 11 is 4.49. The molecule has 15 heavy (non-hydrogen) atoms. The molecule has 0 radical (unpaired) electrons. The highest BCUT2D eigenvalue weighted by Gasteiger charge is 2.07. The highest BCUT2D eigenvalue weighted by molar-refractivity contribution is 7.80. The van der Waals surface area contributed by atoms with Gasteiger partial charge in [-0.15, -0.1) is 0 Å². The summed E-state index contributed by atoms with van der Waals surface area (Å²) in [6.45, 7) is 1.70. The molecule has 0 spiro atoms. The Bertz CT molecular complexity index is 388. The summed E-state index contributed by atoms with van der Waals surface area (Å²) in [6.07, 6.45) is 0. The van der Waals surface area contributed by atoms with Gasteiger partial charge in [-0.25, -0.2) is 4.39 Å². The summed E-state index contributed by atoms with van der Waals surface area (Å²) in [6, 6.07) is 4.01. The van der Waals surface area contributed by atoms with Crippen LogP contribution in [0.2, 0.25) is 0 Å². The molecule has 0 fully saturated rings. The number of aryl methyl sites for hydroxylation is 1. The van der Waals surface area contributed by atoms with E-state index in [-0.39, 0.29) is 10.7 Å². The molecule has 4 N–H and O–H groups in total. The molecule has 0 atom stereocenters. The summed E-state index contributed by atoms with van der Waals surface area (Å²) in [5, 5.41) is -0.0588. The molecule has 1 aromatic rings. The van der Waals surface area contributed by atoms with Gasteiger partial charge < -0.3 is 5.73 Å². The Labute approximate surface area is 91.6 Å². The lowest BCUT2D eigenvalue weighted by Gasteiger charge is -2.06. The van der Waals surface area contributed by atoms with Gasteiger partial charge in [-0.05, 0) is 42.9 Å². The van der Waals surface area contributed by atoms with Crippen LogP contribution in [0.25, 0.3) is 0 Å². The minimum absolute atomic E-state index is 0.0588. The first-order valence-electron chi connectivity index (χ1n) is 4.12. The van der Waals surface area contributed by atoms with Crippen LogP contribution >= 0.6 is 12.2 Å². The van der Waals surface area contributed by atoms with Crippen molar-refractivity contribution in [1.29, 1.82) is 0 Å². The first kappa shape index (κ1) is 11.4. The zero-order valence-corrected chi connectivity index (χ0v) is 8.82. The van der Waals surface area contributed by atoms with Crippen LogP contribution in [-0.2, 0) is 0 Å². The lowest BCUT2D eigenvalue weighted by Crippen LogP contribution is -2.44. The number of amides is 1. The smallest absolute Gasteiger partial charge is 0.269 e. The number of nitrogens with one attached hydrogen (secondary N) is 2. The molecule has 0 saturated carbocycles. The van der Waals surface area contributed by atoms with Crippen molar-refractivity contribution in [2.45, 2.75) is 6.92 Å². The highest BCUT2D eigenvalue weighted by atomic mass is 32.1. The number of benzene rings is 1. The summed E-state index contributed by atoms with van der Waals surface area (Å²) in [4.78, 5) is 11.4. The zero-order valence-electron chi connectivity index (χ0n) is 8.00. The van der Waals surface area contributed by atoms with Crippen LogP contribution < -0.4 is 16.6 Å². The van der Waals surface area contributed by atoms with E-state index in [4.69, 9.17) is 5.73 Å². The average Bonchev–Trinajstić information content (AvgIpc) is 2.12. The minimum Gasteiger partial charge on any atom is -0.375 e. The van der Waals surface area contributed by atoms with E-state index in [9.17, 15) is 9.18 Å². The van der Waals surface area contributed by atoms with E-state index in [1.807, 2.05) is 0 Å². The third-order valence-corrected chi connectivity index (χ3v) is 1.71. The maximum absolute atomic E-state index is 12.9. The third-order valence-electron chi connectivity index (χ3n) is 1.60. The van der Waals surface area contributed by atoms with Crippen LogP contribution in [0.1, 0.15) is 15.9 Å². The Hall–Kier alpha value is -1.69. The molecule has 0 aliphatic carbocycles. The molecule has 1 rings (SSSR count). The quantitative estimate of drug-likeness (QED) is 0.486.